The van der Waals surface area contributed by atoms with E-state index in [0.717, 1.165) is 31.0 Å². The van der Waals surface area contributed by atoms with Crippen molar-refractivity contribution in [3.8, 4) is 0 Å². The average Bonchev–Trinajstić information content (AvgIpc) is 2.84. The van der Waals surface area contributed by atoms with Crippen LogP contribution in [0.25, 0.3) is 0 Å². The van der Waals surface area contributed by atoms with Crippen LogP contribution >= 0.6 is 0 Å². The third kappa shape index (κ3) is 2.45. The number of nitrogens with zero attached hydrogens (tertiary/aromatic N) is 1. The molecule has 1 saturated carbocycles. The van der Waals surface area contributed by atoms with Crippen LogP contribution in [0.15, 0.2) is 30.3 Å². The number of hydrogen-bond acceptors (Lipinski definition) is 2. The van der Waals surface area contributed by atoms with Crippen molar-refractivity contribution in [3.05, 3.63) is 35.9 Å². The van der Waals surface area contributed by atoms with Crippen molar-refractivity contribution in [2.75, 3.05) is 13.1 Å². The molecule has 2 heteroatoms. The first kappa shape index (κ1) is 12.2. The number of likely N-dealkylation sites (tertiary alicyclic amines) is 1. The molecular weight excluding hydrogens is 220 g/mol. The standard InChI is InChI=1S/C16H24N2/c17-11-14-9-15-7-4-8-18(16(15)10-14)12-13-5-2-1-3-6-13/h1-3,5-6,14-16H,4,7-12,17H2. The van der Waals surface area contributed by atoms with Crippen molar-refractivity contribution in [3.63, 3.8) is 0 Å². The van der Waals surface area contributed by atoms with Gasteiger partial charge in [-0.3, -0.25) is 4.90 Å². The molecule has 98 valence electrons. The van der Waals surface area contributed by atoms with Crippen molar-refractivity contribution in [2.45, 2.75) is 38.3 Å². The van der Waals surface area contributed by atoms with E-state index < -0.39 is 0 Å². The lowest BCUT2D eigenvalue weighted by molar-refractivity contribution is 0.105. The molecule has 0 radical (unpaired) electrons. The van der Waals surface area contributed by atoms with Crippen LogP contribution in [-0.2, 0) is 6.54 Å². The molecule has 1 aliphatic heterocycles. The normalized spacial score (nSPS) is 32.4. The number of nitrogens with two attached hydrogens (primary N) is 1. The van der Waals surface area contributed by atoms with Gasteiger partial charge in [0.05, 0.1) is 0 Å². The van der Waals surface area contributed by atoms with Crippen LogP contribution in [0.5, 0.6) is 0 Å². The lowest BCUT2D eigenvalue weighted by atomic mass is 9.91. The van der Waals surface area contributed by atoms with Crippen molar-refractivity contribution in [1.29, 1.82) is 0 Å². The zero-order chi connectivity index (χ0) is 12.4. The highest BCUT2D eigenvalue weighted by atomic mass is 15.2. The molecule has 0 aromatic heterocycles. The number of rotatable bonds is 3. The summed E-state index contributed by atoms with van der Waals surface area (Å²) in [6, 6.07) is 11.7. The molecule has 3 atom stereocenters. The van der Waals surface area contributed by atoms with Gasteiger partial charge in [-0.05, 0) is 56.2 Å². The maximum absolute atomic E-state index is 5.87. The number of piperidine rings is 1. The molecule has 0 bridgehead atoms. The highest BCUT2D eigenvalue weighted by Gasteiger charge is 2.39. The van der Waals surface area contributed by atoms with Gasteiger partial charge in [-0.25, -0.2) is 0 Å². The van der Waals surface area contributed by atoms with Crippen molar-refractivity contribution < 1.29 is 0 Å². The van der Waals surface area contributed by atoms with E-state index in [1.165, 1.54) is 37.8 Å². The van der Waals surface area contributed by atoms with Gasteiger partial charge < -0.3 is 5.73 Å². The van der Waals surface area contributed by atoms with Crippen molar-refractivity contribution in [2.24, 2.45) is 17.6 Å². The van der Waals surface area contributed by atoms with Gasteiger partial charge >= 0.3 is 0 Å². The molecule has 3 rings (SSSR count). The lowest BCUT2D eigenvalue weighted by Crippen LogP contribution is -2.41. The van der Waals surface area contributed by atoms with E-state index in [4.69, 9.17) is 5.73 Å². The third-order valence-electron chi connectivity index (χ3n) is 4.81. The van der Waals surface area contributed by atoms with Gasteiger partial charge in [-0.2, -0.15) is 0 Å². The van der Waals surface area contributed by atoms with E-state index in [0.29, 0.717) is 0 Å². The van der Waals surface area contributed by atoms with E-state index in [1.54, 1.807) is 0 Å². The zero-order valence-corrected chi connectivity index (χ0v) is 11.1. The Morgan fingerprint density at radius 2 is 2.00 bits per heavy atom. The first-order valence-electron chi connectivity index (χ1n) is 7.35. The molecule has 2 aliphatic rings. The third-order valence-corrected chi connectivity index (χ3v) is 4.81. The summed E-state index contributed by atoms with van der Waals surface area (Å²) in [5, 5.41) is 0. The molecule has 1 heterocycles. The topological polar surface area (TPSA) is 29.3 Å². The predicted molar refractivity (Wildman–Crippen MR) is 75.1 cm³/mol. The van der Waals surface area contributed by atoms with Crippen LogP contribution in [0.3, 0.4) is 0 Å². The first-order chi connectivity index (χ1) is 8.86. The van der Waals surface area contributed by atoms with Crippen LogP contribution in [0.4, 0.5) is 0 Å². The molecule has 2 nitrogen and oxygen atoms in total. The number of benzene rings is 1. The van der Waals surface area contributed by atoms with Gasteiger partial charge in [-0.1, -0.05) is 30.3 Å². The Morgan fingerprint density at radius 1 is 1.17 bits per heavy atom. The predicted octanol–water partition coefficient (Wildman–Crippen LogP) is 2.64. The maximum Gasteiger partial charge on any atom is 0.0236 e. The van der Waals surface area contributed by atoms with Crippen molar-refractivity contribution in [1.82, 2.24) is 4.90 Å². The summed E-state index contributed by atoms with van der Waals surface area (Å²) in [6.07, 6.45) is 5.48. The Morgan fingerprint density at radius 3 is 2.78 bits per heavy atom. The summed E-state index contributed by atoms with van der Waals surface area (Å²) < 4.78 is 0. The Hall–Kier alpha value is -0.860. The second kappa shape index (κ2) is 5.41. The second-order valence-electron chi connectivity index (χ2n) is 6.00. The number of fused-ring (bicyclic) bond motifs is 1. The molecule has 2 N–H and O–H groups in total. The minimum absolute atomic E-state index is 0.774. The minimum Gasteiger partial charge on any atom is -0.330 e. The minimum atomic E-state index is 0.774. The van der Waals surface area contributed by atoms with Gasteiger partial charge in [0, 0.05) is 12.6 Å². The monoisotopic (exact) mass is 244 g/mol. The lowest BCUT2D eigenvalue weighted by Gasteiger charge is -2.37. The summed E-state index contributed by atoms with van der Waals surface area (Å²) >= 11 is 0. The molecular formula is C16H24N2. The quantitative estimate of drug-likeness (QED) is 0.885. The van der Waals surface area contributed by atoms with Gasteiger partial charge in [0.25, 0.3) is 0 Å². The average molecular weight is 244 g/mol. The van der Waals surface area contributed by atoms with E-state index in [2.05, 4.69) is 35.2 Å². The van der Waals surface area contributed by atoms with E-state index >= 15 is 0 Å². The molecule has 1 aromatic rings. The van der Waals surface area contributed by atoms with Gasteiger partial charge in [0.2, 0.25) is 0 Å². The SMILES string of the molecule is NCC1CC2CCCN(Cc3ccccc3)C2C1. The molecule has 1 saturated heterocycles. The molecule has 3 unspecified atom stereocenters. The van der Waals surface area contributed by atoms with Crippen LogP contribution < -0.4 is 5.73 Å². The molecule has 0 amide bonds. The second-order valence-corrected chi connectivity index (χ2v) is 6.00. The van der Waals surface area contributed by atoms with Crippen LogP contribution in [0, 0.1) is 11.8 Å². The fourth-order valence-electron chi connectivity index (χ4n) is 3.90. The van der Waals surface area contributed by atoms with Gasteiger partial charge in [0.1, 0.15) is 0 Å². The zero-order valence-electron chi connectivity index (χ0n) is 11.1. The number of hydrogen-bond donors (Lipinski definition) is 1. The van der Waals surface area contributed by atoms with Crippen LogP contribution in [0.1, 0.15) is 31.2 Å². The van der Waals surface area contributed by atoms with E-state index in [9.17, 15) is 0 Å². The summed E-state index contributed by atoms with van der Waals surface area (Å²) in [5.74, 6) is 1.69. The first-order valence-corrected chi connectivity index (χ1v) is 7.35. The summed E-state index contributed by atoms with van der Waals surface area (Å²) in [7, 11) is 0. The molecule has 1 aliphatic carbocycles. The Balaban J connectivity index is 1.68. The summed E-state index contributed by atoms with van der Waals surface area (Å²) in [5.41, 5.74) is 7.32. The molecule has 0 spiro atoms. The Bertz CT molecular complexity index is 376. The summed E-state index contributed by atoms with van der Waals surface area (Å²) in [4.78, 5) is 2.71. The van der Waals surface area contributed by atoms with E-state index in [-0.39, 0.29) is 0 Å². The molecule has 1 aromatic carbocycles. The Labute approximate surface area is 110 Å². The Kier molecular flexibility index (Phi) is 3.67. The highest BCUT2D eigenvalue weighted by Crippen LogP contribution is 2.40. The molecule has 2 fully saturated rings. The van der Waals surface area contributed by atoms with Gasteiger partial charge in [0.15, 0.2) is 0 Å². The smallest absolute Gasteiger partial charge is 0.0236 e. The van der Waals surface area contributed by atoms with Crippen LogP contribution in [0.2, 0.25) is 0 Å². The highest BCUT2D eigenvalue weighted by molar-refractivity contribution is 5.15. The van der Waals surface area contributed by atoms with Crippen molar-refractivity contribution >= 4 is 0 Å². The maximum atomic E-state index is 5.87. The fourth-order valence-corrected chi connectivity index (χ4v) is 3.90. The van der Waals surface area contributed by atoms with Gasteiger partial charge in [-0.15, -0.1) is 0 Å². The summed E-state index contributed by atoms with van der Waals surface area (Å²) in [6.45, 7) is 3.28. The molecule has 18 heavy (non-hydrogen) atoms. The fraction of sp³-hybridized carbons (Fsp3) is 0.625. The largest absolute Gasteiger partial charge is 0.330 e. The van der Waals surface area contributed by atoms with E-state index in [1.807, 2.05) is 0 Å². The van der Waals surface area contributed by atoms with Crippen LogP contribution in [-0.4, -0.2) is 24.0 Å².